The molecule has 5 heterocycles. The molecule has 0 aliphatic carbocycles. The first-order valence-corrected chi connectivity index (χ1v) is 14.4. The van der Waals surface area contributed by atoms with Crippen molar-refractivity contribution in [1.29, 1.82) is 0 Å². The maximum atomic E-state index is 16.5. The third-order valence-electron chi connectivity index (χ3n) is 9.10. The van der Waals surface area contributed by atoms with Crippen molar-refractivity contribution in [1.82, 2.24) is 19.9 Å². The molecular weight excluding hydrogens is 528 g/mol. The third kappa shape index (κ3) is 4.53. The lowest BCUT2D eigenvalue weighted by molar-refractivity contribution is 0.107. The summed E-state index contributed by atoms with van der Waals surface area (Å²) >= 11 is 0. The number of aliphatic hydroxyl groups excluding tert-OH is 1. The van der Waals surface area contributed by atoms with Crippen LogP contribution in [-0.4, -0.2) is 80.2 Å². The molecule has 3 fully saturated rings. The van der Waals surface area contributed by atoms with E-state index in [0.29, 0.717) is 49.1 Å². The molecule has 3 saturated heterocycles. The molecule has 4 atom stereocenters. The van der Waals surface area contributed by atoms with Gasteiger partial charge in [-0.2, -0.15) is 9.97 Å². The van der Waals surface area contributed by atoms with E-state index in [0.717, 1.165) is 30.2 Å². The van der Waals surface area contributed by atoms with Crippen LogP contribution in [-0.2, 0) is 0 Å². The van der Waals surface area contributed by atoms with E-state index in [1.807, 2.05) is 36.1 Å². The highest BCUT2D eigenvalue weighted by Gasteiger charge is 2.49. The maximum absolute atomic E-state index is 16.5. The predicted octanol–water partition coefficient (Wildman–Crippen LogP) is 4.99. The van der Waals surface area contributed by atoms with E-state index in [9.17, 15) is 14.6 Å². The number of ether oxygens (including phenoxy) is 1. The summed E-state index contributed by atoms with van der Waals surface area (Å²) < 4.78 is 37.1. The zero-order valence-electron chi connectivity index (χ0n) is 22.9. The lowest BCUT2D eigenvalue weighted by Crippen LogP contribution is -2.44. The molecule has 2 unspecified atom stereocenters. The molecule has 214 valence electrons. The number of alkyl halides is 1. The second kappa shape index (κ2) is 10.0. The maximum Gasteiger partial charge on any atom is 0.319 e. The van der Waals surface area contributed by atoms with Gasteiger partial charge in [0.05, 0.1) is 17.0 Å². The number of rotatable bonds is 5. The van der Waals surface area contributed by atoms with Crippen LogP contribution in [0.1, 0.15) is 39.0 Å². The number of piperidine rings is 1. The summed E-state index contributed by atoms with van der Waals surface area (Å²) in [5.74, 6) is -0.128. The summed E-state index contributed by atoms with van der Waals surface area (Å²) in [6, 6.07) is 10.6. The predicted molar refractivity (Wildman–Crippen MR) is 152 cm³/mol. The highest BCUT2D eigenvalue weighted by Crippen LogP contribution is 2.41. The summed E-state index contributed by atoms with van der Waals surface area (Å²) in [4.78, 5) is 18.0. The molecule has 0 amide bonds. The lowest BCUT2D eigenvalue weighted by Gasteiger charge is -2.37. The van der Waals surface area contributed by atoms with Crippen molar-refractivity contribution in [2.45, 2.75) is 62.9 Å². The quantitative estimate of drug-likeness (QED) is 0.352. The second-order valence-electron chi connectivity index (χ2n) is 11.8. The summed E-state index contributed by atoms with van der Waals surface area (Å²) in [5, 5.41) is 22.6. The Hall–Kier alpha value is -3.63. The Balaban J connectivity index is 1.35. The number of hydrogen-bond donors (Lipinski definition) is 2. The van der Waals surface area contributed by atoms with E-state index in [2.05, 4.69) is 14.9 Å². The summed E-state index contributed by atoms with van der Waals surface area (Å²) in [5.41, 5.74) is 0.191. The van der Waals surface area contributed by atoms with Crippen molar-refractivity contribution >= 4 is 27.5 Å². The van der Waals surface area contributed by atoms with E-state index < -0.39 is 23.6 Å². The number of pyridine rings is 1. The van der Waals surface area contributed by atoms with Gasteiger partial charge in [-0.15, -0.1) is 0 Å². The fourth-order valence-electron chi connectivity index (χ4n) is 7.09. The fourth-order valence-corrected chi connectivity index (χ4v) is 7.09. The van der Waals surface area contributed by atoms with Gasteiger partial charge in [-0.05, 0) is 62.1 Å². The van der Waals surface area contributed by atoms with E-state index >= 15 is 4.39 Å². The van der Waals surface area contributed by atoms with Gasteiger partial charge in [-0.1, -0.05) is 24.3 Å². The number of phenols is 1. The standard InChI is InChI=1S/C31H33F2N5O3/c1-18-11-21(39)7-10-38(18)29-25-15-34-27(24-13-22(40)12-19-5-2-3-6-23(19)24)26(33)28(25)35-30(36-29)41-17-31-8-4-9-37(31)16-20(32)14-31/h2-3,5-6,12-13,15,18,20-21,39-40H,4,7-11,14,16-17H2,1H3/t18?,20-,21?,31+/m1/s1. The number of fused-ring (bicyclic) bond motifs is 3. The molecule has 3 aliphatic rings. The lowest BCUT2D eigenvalue weighted by atomic mass is 9.95. The summed E-state index contributed by atoms with van der Waals surface area (Å²) in [7, 11) is 0. The average Bonchev–Trinajstić information content (AvgIpc) is 3.47. The number of anilines is 1. The summed E-state index contributed by atoms with van der Waals surface area (Å²) in [6.45, 7) is 4.01. The molecule has 0 saturated carbocycles. The van der Waals surface area contributed by atoms with Gasteiger partial charge >= 0.3 is 6.01 Å². The van der Waals surface area contributed by atoms with Crippen LogP contribution in [0.2, 0.25) is 0 Å². The molecule has 2 aromatic heterocycles. The minimum Gasteiger partial charge on any atom is -0.508 e. The highest BCUT2D eigenvalue weighted by atomic mass is 19.1. The minimum atomic E-state index is -0.893. The van der Waals surface area contributed by atoms with Gasteiger partial charge in [0.25, 0.3) is 0 Å². The first-order valence-electron chi connectivity index (χ1n) is 14.4. The normalized spacial score (nSPS) is 26.6. The van der Waals surface area contributed by atoms with Gasteiger partial charge in [0.1, 0.15) is 35.6 Å². The van der Waals surface area contributed by atoms with Gasteiger partial charge in [0.15, 0.2) is 5.82 Å². The number of nitrogens with zero attached hydrogens (tertiary/aromatic N) is 5. The monoisotopic (exact) mass is 561 g/mol. The van der Waals surface area contributed by atoms with E-state index in [1.165, 1.54) is 6.07 Å². The Labute approximate surface area is 236 Å². The molecule has 4 aromatic rings. The highest BCUT2D eigenvalue weighted by molar-refractivity contribution is 5.99. The molecule has 0 bridgehead atoms. The van der Waals surface area contributed by atoms with Crippen molar-refractivity contribution in [2.75, 3.05) is 31.1 Å². The molecule has 0 radical (unpaired) electrons. The van der Waals surface area contributed by atoms with Crippen LogP contribution in [0.4, 0.5) is 14.6 Å². The van der Waals surface area contributed by atoms with Crippen molar-refractivity contribution in [3.63, 3.8) is 0 Å². The van der Waals surface area contributed by atoms with Gasteiger partial charge in [0, 0.05) is 37.3 Å². The van der Waals surface area contributed by atoms with Crippen LogP contribution in [0.3, 0.4) is 0 Å². The van der Waals surface area contributed by atoms with E-state index in [-0.39, 0.29) is 35.6 Å². The number of hydrogen-bond acceptors (Lipinski definition) is 8. The Kier molecular flexibility index (Phi) is 6.43. The molecule has 0 spiro atoms. The van der Waals surface area contributed by atoms with Crippen LogP contribution in [0.5, 0.6) is 11.8 Å². The van der Waals surface area contributed by atoms with Crippen LogP contribution < -0.4 is 9.64 Å². The van der Waals surface area contributed by atoms with E-state index in [4.69, 9.17) is 9.72 Å². The number of aromatic hydroxyl groups is 1. The smallest absolute Gasteiger partial charge is 0.319 e. The SMILES string of the molecule is CC1CC(O)CCN1c1nc(OC[C@@]23CCCN2C[C@H](F)C3)nc2c(F)c(-c3cc(O)cc4ccccc34)ncc12. The minimum absolute atomic E-state index is 0.0104. The van der Waals surface area contributed by atoms with Crippen molar-refractivity contribution in [3.05, 3.63) is 48.4 Å². The van der Waals surface area contributed by atoms with Crippen LogP contribution in [0.25, 0.3) is 32.9 Å². The van der Waals surface area contributed by atoms with Gasteiger partial charge in [-0.3, -0.25) is 9.88 Å². The molecule has 2 N–H and O–H groups in total. The topological polar surface area (TPSA) is 94.8 Å². The average molecular weight is 562 g/mol. The number of halogens is 2. The first kappa shape index (κ1) is 26.3. The molecule has 8 nitrogen and oxygen atoms in total. The number of benzene rings is 2. The Morgan fingerprint density at radius 3 is 2.85 bits per heavy atom. The van der Waals surface area contributed by atoms with Crippen molar-refractivity contribution < 1.29 is 23.7 Å². The molecule has 10 heteroatoms. The summed E-state index contributed by atoms with van der Waals surface area (Å²) in [6.07, 6.45) is 3.61. The Morgan fingerprint density at radius 1 is 1.15 bits per heavy atom. The molecular formula is C31H33F2N5O3. The van der Waals surface area contributed by atoms with Gasteiger partial charge in [0.2, 0.25) is 0 Å². The van der Waals surface area contributed by atoms with Gasteiger partial charge in [-0.25, -0.2) is 8.78 Å². The Bertz CT molecular complexity index is 1640. The van der Waals surface area contributed by atoms with Crippen molar-refractivity contribution in [3.8, 4) is 23.0 Å². The second-order valence-corrected chi connectivity index (χ2v) is 11.8. The Morgan fingerprint density at radius 2 is 2.00 bits per heavy atom. The first-order chi connectivity index (χ1) is 19.8. The molecule has 3 aliphatic heterocycles. The number of aliphatic hydroxyl groups is 1. The van der Waals surface area contributed by atoms with Crippen molar-refractivity contribution in [2.24, 2.45) is 0 Å². The number of aromatic nitrogens is 3. The zero-order valence-corrected chi connectivity index (χ0v) is 22.9. The zero-order chi connectivity index (χ0) is 28.3. The molecule has 41 heavy (non-hydrogen) atoms. The molecule has 2 aromatic carbocycles. The van der Waals surface area contributed by atoms with Crippen LogP contribution >= 0.6 is 0 Å². The van der Waals surface area contributed by atoms with Crippen LogP contribution in [0.15, 0.2) is 42.6 Å². The van der Waals surface area contributed by atoms with E-state index in [1.54, 1.807) is 12.3 Å². The number of phenolic OH excluding ortho intramolecular Hbond substituents is 1. The third-order valence-corrected chi connectivity index (χ3v) is 9.10. The molecule has 7 rings (SSSR count). The fraction of sp³-hybridized carbons (Fsp3) is 0.452. The van der Waals surface area contributed by atoms with Crippen LogP contribution in [0, 0.1) is 5.82 Å². The van der Waals surface area contributed by atoms with Gasteiger partial charge < -0.3 is 19.8 Å². The largest absolute Gasteiger partial charge is 0.508 e.